The van der Waals surface area contributed by atoms with Crippen molar-refractivity contribution in [2.24, 2.45) is 5.92 Å². The van der Waals surface area contributed by atoms with E-state index in [4.69, 9.17) is 11.6 Å². The third-order valence-electron chi connectivity index (χ3n) is 3.13. The van der Waals surface area contributed by atoms with Crippen LogP contribution in [0.2, 0.25) is 4.34 Å². The first kappa shape index (κ1) is 15.1. The van der Waals surface area contributed by atoms with Crippen LogP contribution < -0.4 is 5.32 Å². The van der Waals surface area contributed by atoms with E-state index in [0.29, 0.717) is 19.0 Å². The second kappa shape index (κ2) is 6.43. The van der Waals surface area contributed by atoms with Gasteiger partial charge in [-0.2, -0.15) is 13.2 Å². The molecule has 2 heterocycles. The number of alkyl halides is 3. The average Bonchev–Trinajstić information content (AvgIpc) is 2.86. The number of nitrogens with zero attached hydrogens (tertiary/aromatic N) is 1. The van der Waals surface area contributed by atoms with Crippen molar-refractivity contribution in [2.75, 3.05) is 26.2 Å². The van der Waals surface area contributed by atoms with E-state index < -0.39 is 12.7 Å². The van der Waals surface area contributed by atoms with Crippen molar-refractivity contribution in [1.29, 1.82) is 0 Å². The SMILES string of the molecule is FC(F)(F)CN1CCC(CNCc2ccc(Cl)s2)C1. The van der Waals surface area contributed by atoms with E-state index in [-0.39, 0.29) is 0 Å². The van der Waals surface area contributed by atoms with E-state index in [2.05, 4.69) is 5.32 Å². The maximum Gasteiger partial charge on any atom is 0.401 e. The van der Waals surface area contributed by atoms with E-state index in [1.165, 1.54) is 16.2 Å². The second-order valence-electron chi connectivity index (χ2n) is 4.84. The molecule has 1 fully saturated rings. The fourth-order valence-corrected chi connectivity index (χ4v) is 3.38. The highest BCUT2D eigenvalue weighted by molar-refractivity contribution is 7.16. The molecular formula is C12H16ClF3N2S. The Hall–Kier alpha value is -0.300. The van der Waals surface area contributed by atoms with Gasteiger partial charge in [0.1, 0.15) is 0 Å². The van der Waals surface area contributed by atoms with E-state index in [0.717, 1.165) is 28.7 Å². The van der Waals surface area contributed by atoms with Crippen molar-refractivity contribution >= 4 is 22.9 Å². The molecule has 0 aliphatic carbocycles. The second-order valence-corrected chi connectivity index (χ2v) is 6.64. The Morgan fingerprint density at radius 2 is 2.21 bits per heavy atom. The highest BCUT2D eigenvalue weighted by atomic mass is 35.5. The summed E-state index contributed by atoms with van der Waals surface area (Å²) in [5.41, 5.74) is 0. The van der Waals surface area contributed by atoms with Crippen LogP contribution in [-0.4, -0.2) is 37.3 Å². The van der Waals surface area contributed by atoms with Crippen LogP contribution >= 0.6 is 22.9 Å². The van der Waals surface area contributed by atoms with Crippen LogP contribution in [0.25, 0.3) is 0 Å². The molecule has 0 radical (unpaired) electrons. The first-order valence-electron chi connectivity index (χ1n) is 6.16. The smallest absolute Gasteiger partial charge is 0.312 e. The molecule has 0 amide bonds. The fourth-order valence-electron chi connectivity index (χ4n) is 2.32. The van der Waals surface area contributed by atoms with Crippen molar-refractivity contribution in [3.63, 3.8) is 0 Å². The lowest BCUT2D eigenvalue weighted by molar-refractivity contribution is -0.143. The van der Waals surface area contributed by atoms with Gasteiger partial charge in [-0.05, 0) is 37.6 Å². The van der Waals surface area contributed by atoms with Gasteiger partial charge in [0.15, 0.2) is 0 Å². The van der Waals surface area contributed by atoms with Crippen LogP contribution in [-0.2, 0) is 6.54 Å². The molecule has 2 rings (SSSR count). The van der Waals surface area contributed by atoms with Crippen molar-refractivity contribution in [2.45, 2.75) is 19.1 Å². The molecule has 0 spiro atoms. The lowest BCUT2D eigenvalue weighted by Crippen LogP contribution is -2.33. The number of rotatable bonds is 5. The topological polar surface area (TPSA) is 15.3 Å². The number of likely N-dealkylation sites (tertiary alicyclic amines) is 1. The summed E-state index contributed by atoms with van der Waals surface area (Å²) < 4.78 is 37.5. The third kappa shape index (κ3) is 5.30. The molecule has 1 atom stereocenters. The Bertz CT molecular complexity index is 408. The Balaban J connectivity index is 1.65. The van der Waals surface area contributed by atoms with Crippen LogP contribution in [0.1, 0.15) is 11.3 Å². The predicted octanol–water partition coefficient (Wildman–Crippen LogP) is 3.38. The summed E-state index contributed by atoms with van der Waals surface area (Å²) in [5.74, 6) is 0.304. The molecule has 2 nitrogen and oxygen atoms in total. The monoisotopic (exact) mass is 312 g/mol. The molecular weight excluding hydrogens is 297 g/mol. The summed E-state index contributed by atoms with van der Waals surface area (Å²) in [6.07, 6.45) is -3.26. The molecule has 1 N–H and O–H groups in total. The van der Waals surface area contributed by atoms with Gasteiger partial charge < -0.3 is 5.32 Å². The van der Waals surface area contributed by atoms with Crippen LogP contribution in [0.3, 0.4) is 0 Å². The molecule has 0 aromatic carbocycles. The Morgan fingerprint density at radius 3 is 2.84 bits per heavy atom. The summed E-state index contributed by atoms with van der Waals surface area (Å²) in [4.78, 5) is 2.63. The van der Waals surface area contributed by atoms with Crippen molar-refractivity contribution in [3.05, 3.63) is 21.3 Å². The van der Waals surface area contributed by atoms with E-state index in [1.54, 1.807) is 0 Å². The quantitative estimate of drug-likeness (QED) is 0.896. The highest BCUT2D eigenvalue weighted by Gasteiger charge is 2.34. The lowest BCUT2D eigenvalue weighted by atomic mass is 10.1. The number of halogens is 4. The normalized spacial score (nSPS) is 21.2. The Kier molecular flexibility index (Phi) is 5.11. The molecule has 19 heavy (non-hydrogen) atoms. The first-order chi connectivity index (χ1) is 8.92. The zero-order chi connectivity index (χ0) is 13.9. The molecule has 0 saturated carbocycles. The summed E-state index contributed by atoms with van der Waals surface area (Å²) in [7, 11) is 0. The third-order valence-corrected chi connectivity index (χ3v) is 4.37. The van der Waals surface area contributed by atoms with Gasteiger partial charge in [0.25, 0.3) is 0 Å². The van der Waals surface area contributed by atoms with E-state index in [9.17, 15) is 13.2 Å². The number of thiophene rings is 1. The van der Waals surface area contributed by atoms with Crippen molar-refractivity contribution in [3.8, 4) is 0 Å². The average molecular weight is 313 g/mol. The van der Waals surface area contributed by atoms with Crippen LogP contribution in [0.5, 0.6) is 0 Å². The molecule has 0 bridgehead atoms. The van der Waals surface area contributed by atoms with Crippen LogP contribution in [0, 0.1) is 5.92 Å². The molecule has 1 unspecified atom stereocenters. The minimum absolute atomic E-state index is 0.304. The standard InChI is InChI=1S/C12H16ClF3N2S/c13-11-2-1-10(19-11)6-17-5-9-3-4-18(7-9)8-12(14,15)16/h1-2,9,17H,3-8H2. The number of nitrogens with one attached hydrogen (secondary N) is 1. The summed E-state index contributed by atoms with van der Waals surface area (Å²) in [6, 6.07) is 3.81. The fraction of sp³-hybridized carbons (Fsp3) is 0.667. The van der Waals surface area contributed by atoms with Gasteiger partial charge in [-0.3, -0.25) is 4.90 Å². The minimum Gasteiger partial charge on any atom is -0.312 e. The van der Waals surface area contributed by atoms with Crippen molar-refractivity contribution in [1.82, 2.24) is 10.2 Å². The van der Waals surface area contributed by atoms with Crippen LogP contribution in [0.15, 0.2) is 12.1 Å². The van der Waals surface area contributed by atoms with Gasteiger partial charge in [-0.25, -0.2) is 0 Å². The van der Waals surface area contributed by atoms with Gasteiger partial charge in [0.05, 0.1) is 10.9 Å². The predicted molar refractivity (Wildman–Crippen MR) is 71.6 cm³/mol. The van der Waals surface area contributed by atoms with Gasteiger partial charge in [-0.15, -0.1) is 11.3 Å². The molecule has 1 aliphatic heterocycles. The minimum atomic E-state index is -4.09. The Morgan fingerprint density at radius 1 is 1.42 bits per heavy atom. The Labute approximate surface area is 119 Å². The molecule has 108 valence electrons. The van der Waals surface area contributed by atoms with Gasteiger partial charge in [-0.1, -0.05) is 11.6 Å². The van der Waals surface area contributed by atoms with E-state index >= 15 is 0 Å². The molecule has 7 heteroatoms. The number of hydrogen-bond acceptors (Lipinski definition) is 3. The summed E-state index contributed by atoms with van der Waals surface area (Å²) in [6.45, 7) is 1.76. The van der Waals surface area contributed by atoms with Gasteiger partial charge >= 0.3 is 6.18 Å². The van der Waals surface area contributed by atoms with Crippen LogP contribution in [0.4, 0.5) is 13.2 Å². The van der Waals surface area contributed by atoms with E-state index in [1.807, 2.05) is 12.1 Å². The molecule has 1 aromatic rings. The lowest BCUT2D eigenvalue weighted by Gasteiger charge is -2.17. The zero-order valence-corrected chi connectivity index (χ0v) is 11.9. The highest BCUT2D eigenvalue weighted by Crippen LogP contribution is 2.23. The molecule has 1 aliphatic rings. The van der Waals surface area contributed by atoms with Gasteiger partial charge in [0.2, 0.25) is 0 Å². The van der Waals surface area contributed by atoms with Gasteiger partial charge in [0, 0.05) is 18.0 Å². The zero-order valence-electron chi connectivity index (χ0n) is 10.3. The maximum absolute atomic E-state index is 12.2. The summed E-state index contributed by atoms with van der Waals surface area (Å²) in [5, 5.41) is 3.28. The first-order valence-corrected chi connectivity index (χ1v) is 7.36. The largest absolute Gasteiger partial charge is 0.401 e. The summed E-state index contributed by atoms with van der Waals surface area (Å²) >= 11 is 7.35. The maximum atomic E-state index is 12.2. The molecule has 1 aromatic heterocycles. The molecule has 1 saturated heterocycles. The number of hydrogen-bond donors (Lipinski definition) is 1. The van der Waals surface area contributed by atoms with Crippen molar-refractivity contribution < 1.29 is 13.2 Å².